The molecule has 0 aromatic rings. The van der Waals surface area contributed by atoms with Crippen molar-refractivity contribution in [2.75, 3.05) is 0 Å². The van der Waals surface area contributed by atoms with Crippen LogP contribution in [0.2, 0.25) is 0 Å². The van der Waals surface area contributed by atoms with Gasteiger partial charge in [0.05, 0.1) is 0 Å². The van der Waals surface area contributed by atoms with Crippen LogP contribution in [0.1, 0.15) is 20.8 Å². The van der Waals surface area contributed by atoms with E-state index in [0.29, 0.717) is 0 Å². The largest absolute Gasteiger partial charge is 0.333 e. The van der Waals surface area contributed by atoms with Crippen molar-refractivity contribution < 1.29 is 19.4 Å². The Kier molecular flexibility index (Phi) is 2.86. The second-order valence-electron chi connectivity index (χ2n) is 3.89. The maximum atomic E-state index is 11.1. The van der Waals surface area contributed by atoms with Crippen LogP contribution in [0.3, 0.4) is 0 Å². The van der Waals surface area contributed by atoms with E-state index in [2.05, 4.69) is 0 Å². The monoisotopic (exact) mass is 196 g/mol. The van der Waals surface area contributed by atoms with Gasteiger partial charge in [0.1, 0.15) is 5.60 Å². The van der Waals surface area contributed by atoms with E-state index in [0.717, 1.165) is 12.2 Å². The molecule has 0 heterocycles. The van der Waals surface area contributed by atoms with E-state index in [1.54, 1.807) is 20.8 Å². The average Bonchev–Trinajstić information content (AvgIpc) is 2.05. The van der Waals surface area contributed by atoms with Crippen LogP contribution in [0.15, 0.2) is 24.0 Å². The number of hydrogen-bond acceptors (Lipinski definition) is 4. The lowest BCUT2D eigenvalue weighted by atomic mass is 10.1. The molecule has 1 aliphatic carbocycles. The summed E-state index contributed by atoms with van der Waals surface area (Å²) in [5.74, 6) is -0.724. The maximum absolute atomic E-state index is 11.1. The minimum Gasteiger partial charge on any atom is -0.333 e. The van der Waals surface area contributed by atoms with Gasteiger partial charge in [0.2, 0.25) is 11.5 Å². The number of allylic oxidation sites excluding steroid dienone is 3. The Morgan fingerprint density at radius 2 is 1.79 bits per heavy atom. The van der Waals surface area contributed by atoms with Gasteiger partial charge in [-0.3, -0.25) is 9.59 Å². The summed E-state index contributed by atoms with van der Waals surface area (Å²) in [6.45, 7) is 5.33. The fraction of sp³-hybridized carbons (Fsp3) is 0.400. The predicted octanol–water partition coefficient (Wildman–Crippen LogP) is 1.32. The third-order valence-corrected chi connectivity index (χ3v) is 1.30. The van der Waals surface area contributed by atoms with Crippen molar-refractivity contribution in [2.45, 2.75) is 26.4 Å². The summed E-state index contributed by atoms with van der Waals surface area (Å²) in [5.41, 5.74) is -0.522. The van der Waals surface area contributed by atoms with Crippen LogP contribution in [0.4, 0.5) is 0 Å². The van der Waals surface area contributed by atoms with E-state index >= 15 is 0 Å². The lowest BCUT2D eigenvalue weighted by Gasteiger charge is -2.18. The van der Waals surface area contributed by atoms with Crippen LogP contribution < -0.4 is 0 Å². The molecule has 1 rings (SSSR count). The van der Waals surface area contributed by atoms with Gasteiger partial charge in [-0.2, -0.15) is 4.89 Å². The second-order valence-corrected chi connectivity index (χ2v) is 3.89. The molecule has 0 aliphatic heterocycles. The van der Waals surface area contributed by atoms with E-state index in [4.69, 9.17) is 9.78 Å². The molecule has 0 atom stereocenters. The molecule has 0 unspecified atom stereocenters. The SMILES string of the molecule is CC(C)(C)OOC1=CC(=O)C=CC1=O. The first kappa shape index (κ1) is 10.7. The highest BCUT2D eigenvalue weighted by Gasteiger charge is 2.19. The third-order valence-electron chi connectivity index (χ3n) is 1.30. The van der Waals surface area contributed by atoms with Crippen LogP contribution in [-0.4, -0.2) is 17.2 Å². The number of carbonyl (C=O) groups excluding carboxylic acids is 2. The Hall–Kier alpha value is -1.42. The zero-order valence-electron chi connectivity index (χ0n) is 8.37. The van der Waals surface area contributed by atoms with Gasteiger partial charge in [-0.1, -0.05) is 0 Å². The molecular formula is C10H12O4. The zero-order chi connectivity index (χ0) is 10.8. The molecular weight excluding hydrogens is 184 g/mol. The molecule has 0 aromatic carbocycles. The van der Waals surface area contributed by atoms with Crippen LogP contribution in [0.25, 0.3) is 0 Å². The van der Waals surface area contributed by atoms with Crippen LogP contribution in [0.5, 0.6) is 0 Å². The highest BCUT2D eigenvalue weighted by atomic mass is 17.2. The van der Waals surface area contributed by atoms with E-state index in [1.165, 1.54) is 6.08 Å². The Labute approximate surface area is 82.1 Å². The van der Waals surface area contributed by atoms with E-state index in [1.807, 2.05) is 0 Å². The van der Waals surface area contributed by atoms with Crippen molar-refractivity contribution in [3.8, 4) is 0 Å². The van der Waals surface area contributed by atoms with Gasteiger partial charge in [-0.25, -0.2) is 0 Å². The fourth-order valence-corrected chi connectivity index (χ4v) is 0.723. The molecule has 0 spiro atoms. The maximum Gasteiger partial charge on any atom is 0.224 e. The minimum atomic E-state index is -0.522. The van der Waals surface area contributed by atoms with Crippen molar-refractivity contribution in [2.24, 2.45) is 0 Å². The molecule has 0 aromatic heterocycles. The van der Waals surface area contributed by atoms with Crippen molar-refractivity contribution in [3.63, 3.8) is 0 Å². The summed E-state index contributed by atoms with van der Waals surface area (Å²) in [4.78, 5) is 31.7. The summed E-state index contributed by atoms with van der Waals surface area (Å²) >= 11 is 0. The van der Waals surface area contributed by atoms with Gasteiger partial charge in [0, 0.05) is 6.08 Å². The summed E-state index contributed by atoms with van der Waals surface area (Å²) in [5, 5.41) is 0. The Balaban J connectivity index is 2.61. The summed E-state index contributed by atoms with van der Waals surface area (Å²) in [7, 11) is 0. The van der Waals surface area contributed by atoms with Gasteiger partial charge in [0.15, 0.2) is 5.78 Å². The van der Waals surface area contributed by atoms with Gasteiger partial charge >= 0.3 is 0 Å². The van der Waals surface area contributed by atoms with Crippen molar-refractivity contribution in [3.05, 3.63) is 24.0 Å². The molecule has 0 fully saturated rings. The van der Waals surface area contributed by atoms with Crippen LogP contribution in [0, 0.1) is 0 Å². The number of ketones is 2. The Morgan fingerprint density at radius 3 is 2.36 bits per heavy atom. The van der Waals surface area contributed by atoms with E-state index < -0.39 is 5.60 Å². The topological polar surface area (TPSA) is 52.6 Å². The molecule has 0 amide bonds. The Bertz CT molecular complexity index is 318. The molecule has 0 N–H and O–H groups in total. The lowest BCUT2D eigenvalue weighted by molar-refractivity contribution is -0.318. The van der Waals surface area contributed by atoms with Crippen molar-refractivity contribution in [1.29, 1.82) is 0 Å². The molecule has 4 heteroatoms. The first-order chi connectivity index (χ1) is 6.38. The minimum absolute atomic E-state index is 0.0765. The number of hydrogen-bond donors (Lipinski definition) is 0. The summed E-state index contributed by atoms with van der Waals surface area (Å²) in [6.07, 6.45) is 3.45. The molecule has 4 nitrogen and oxygen atoms in total. The highest BCUT2D eigenvalue weighted by molar-refractivity contribution is 6.16. The first-order valence-corrected chi connectivity index (χ1v) is 4.22. The molecule has 1 aliphatic rings. The molecule has 0 saturated heterocycles. The highest BCUT2D eigenvalue weighted by Crippen LogP contribution is 2.13. The van der Waals surface area contributed by atoms with Crippen molar-refractivity contribution >= 4 is 11.6 Å². The number of carbonyl (C=O) groups is 2. The van der Waals surface area contributed by atoms with E-state index in [9.17, 15) is 9.59 Å². The smallest absolute Gasteiger partial charge is 0.224 e. The number of rotatable bonds is 2. The molecule has 76 valence electrons. The van der Waals surface area contributed by atoms with Crippen LogP contribution >= 0.6 is 0 Å². The first-order valence-electron chi connectivity index (χ1n) is 4.22. The van der Waals surface area contributed by atoms with Gasteiger partial charge in [-0.05, 0) is 32.9 Å². The van der Waals surface area contributed by atoms with E-state index in [-0.39, 0.29) is 17.3 Å². The quantitative estimate of drug-likeness (QED) is 0.380. The molecule has 0 saturated carbocycles. The second kappa shape index (κ2) is 3.75. The summed E-state index contributed by atoms with van der Waals surface area (Å²) in [6, 6.07) is 0. The predicted molar refractivity (Wildman–Crippen MR) is 49.2 cm³/mol. The Morgan fingerprint density at radius 1 is 1.14 bits per heavy atom. The average molecular weight is 196 g/mol. The molecule has 14 heavy (non-hydrogen) atoms. The molecule has 0 bridgehead atoms. The standard InChI is InChI=1S/C10H12O4/c1-10(2,3)14-13-9-6-7(11)4-5-8(9)12/h4-6H,1-3H3. The van der Waals surface area contributed by atoms with Gasteiger partial charge < -0.3 is 4.89 Å². The van der Waals surface area contributed by atoms with Crippen molar-refractivity contribution in [1.82, 2.24) is 0 Å². The fourth-order valence-electron chi connectivity index (χ4n) is 0.723. The van der Waals surface area contributed by atoms with Gasteiger partial charge in [-0.15, -0.1) is 0 Å². The summed E-state index contributed by atoms with van der Waals surface area (Å²) < 4.78 is 0. The molecule has 0 radical (unpaired) electrons. The normalized spacial score (nSPS) is 16.9. The third kappa shape index (κ3) is 3.14. The van der Waals surface area contributed by atoms with Gasteiger partial charge in [0.25, 0.3) is 0 Å². The lowest BCUT2D eigenvalue weighted by Crippen LogP contribution is -2.21. The zero-order valence-corrected chi connectivity index (χ0v) is 8.37. The van der Waals surface area contributed by atoms with Crippen LogP contribution in [-0.2, 0) is 19.4 Å².